The zero-order valence-electron chi connectivity index (χ0n) is 9.73. The Morgan fingerprint density at radius 1 is 1.75 bits per heavy atom. The lowest BCUT2D eigenvalue weighted by atomic mass is 10.3. The summed E-state index contributed by atoms with van der Waals surface area (Å²) in [5, 5.41) is 9.92. The van der Waals surface area contributed by atoms with E-state index in [1.54, 1.807) is 17.0 Å². The maximum Gasteiger partial charge on any atom is 0.242 e. The van der Waals surface area contributed by atoms with Crippen molar-refractivity contribution in [1.82, 2.24) is 15.1 Å². The number of rotatable bonds is 6. The first-order chi connectivity index (χ1) is 7.67. The Morgan fingerprint density at radius 3 is 3.06 bits per heavy atom. The van der Waals surface area contributed by atoms with Crippen molar-refractivity contribution in [3.63, 3.8) is 0 Å². The monoisotopic (exact) mass is 222 g/mol. The average molecular weight is 222 g/mol. The molecule has 2 N–H and O–H groups in total. The van der Waals surface area contributed by atoms with E-state index in [1.165, 1.54) is 0 Å². The molecule has 0 aliphatic carbocycles. The van der Waals surface area contributed by atoms with Gasteiger partial charge in [-0.05, 0) is 13.8 Å². The Labute approximate surface area is 95.5 Å². The first-order valence-electron chi connectivity index (χ1n) is 5.35. The van der Waals surface area contributed by atoms with E-state index in [1.807, 2.05) is 20.0 Å². The average Bonchev–Trinajstić information content (AvgIpc) is 2.73. The van der Waals surface area contributed by atoms with Gasteiger partial charge >= 0.3 is 0 Å². The predicted octanol–water partition coefficient (Wildman–Crippen LogP) is 1.01. The number of aryl methyl sites for hydroxylation is 1. The van der Waals surface area contributed by atoms with Gasteiger partial charge in [-0.25, -0.2) is 0 Å². The molecule has 5 heteroatoms. The molecule has 0 aliphatic rings. The van der Waals surface area contributed by atoms with E-state index in [0.717, 1.165) is 12.2 Å². The van der Waals surface area contributed by atoms with Gasteiger partial charge in [0.25, 0.3) is 0 Å². The van der Waals surface area contributed by atoms with Crippen LogP contribution in [0.3, 0.4) is 0 Å². The van der Waals surface area contributed by atoms with Crippen LogP contribution in [0.15, 0.2) is 25.0 Å². The maximum atomic E-state index is 11.5. The third-order valence-corrected chi connectivity index (χ3v) is 2.15. The van der Waals surface area contributed by atoms with Gasteiger partial charge in [-0.1, -0.05) is 6.08 Å². The molecule has 1 atom stereocenters. The molecule has 0 aromatic carbocycles. The highest BCUT2D eigenvalue weighted by molar-refractivity contribution is 5.84. The highest BCUT2D eigenvalue weighted by atomic mass is 16.2. The molecule has 1 aromatic heterocycles. The second-order valence-corrected chi connectivity index (χ2v) is 3.48. The second kappa shape index (κ2) is 5.95. The lowest BCUT2D eigenvalue weighted by Gasteiger charge is -2.12. The normalized spacial score (nSPS) is 11.9. The van der Waals surface area contributed by atoms with Crippen molar-refractivity contribution >= 4 is 11.6 Å². The van der Waals surface area contributed by atoms with Crippen molar-refractivity contribution in [3.05, 3.63) is 25.0 Å². The molecule has 1 amide bonds. The quantitative estimate of drug-likeness (QED) is 0.706. The third-order valence-electron chi connectivity index (χ3n) is 2.15. The second-order valence-electron chi connectivity index (χ2n) is 3.48. The van der Waals surface area contributed by atoms with Gasteiger partial charge in [-0.3, -0.25) is 9.48 Å². The molecule has 0 bridgehead atoms. The number of aromatic nitrogens is 2. The van der Waals surface area contributed by atoms with Gasteiger partial charge in [-0.15, -0.1) is 6.58 Å². The highest BCUT2D eigenvalue weighted by Gasteiger charge is 2.11. The van der Waals surface area contributed by atoms with Gasteiger partial charge in [0.2, 0.25) is 5.91 Å². The van der Waals surface area contributed by atoms with Crippen LogP contribution in [0.4, 0.5) is 5.69 Å². The number of nitrogens with zero attached hydrogens (tertiary/aromatic N) is 2. The van der Waals surface area contributed by atoms with Crippen LogP contribution in [-0.4, -0.2) is 28.3 Å². The fourth-order valence-corrected chi connectivity index (χ4v) is 1.25. The SMILES string of the molecule is C=CCNC(=O)[C@@H](C)Nc1cnn(CC)c1. The number of hydrogen-bond donors (Lipinski definition) is 2. The number of anilines is 1. The van der Waals surface area contributed by atoms with Crippen molar-refractivity contribution in [2.45, 2.75) is 26.4 Å². The fourth-order valence-electron chi connectivity index (χ4n) is 1.25. The summed E-state index contributed by atoms with van der Waals surface area (Å²) in [7, 11) is 0. The van der Waals surface area contributed by atoms with Gasteiger partial charge in [0.1, 0.15) is 6.04 Å². The summed E-state index contributed by atoms with van der Waals surface area (Å²) in [6, 6.07) is -0.283. The van der Waals surface area contributed by atoms with Crippen LogP contribution in [0.1, 0.15) is 13.8 Å². The van der Waals surface area contributed by atoms with Gasteiger partial charge in [0.05, 0.1) is 11.9 Å². The lowest BCUT2D eigenvalue weighted by Crippen LogP contribution is -2.37. The molecule has 0 fully saturated rings. The van der Waals surface area contributed by atoms with Crippen molar-refractivity contribution in [1.29, 1.82) is 0 Å². The summed E-state index contributed by atoms with van der Waals surface area (Å²) < 4.78 is 1.80. The molecule has 0 saturated heterocycles. The smallest absolute Gasteiger partial charge is 0.242 e. The largest absolute Gasteiger partial charge is 0.371 e. The summed E-state index contributed by atoms with van der Waals surface area (Å²) in [5.74, 6) is -0.0517. The van der Waals surface area contributed by atoms with Crippen LogP contribution < -0.4 is 10.6 Å². The van der Waals surface area contributed by atoms with E-state index in [4.69, 9.17) is 0 Å². The standard InChI is InChI=1S/C11H18N4O/c1-4-6-12-11(16)9(3)14-10-7-13-15(5-2)8-10/h4,7-9,14H,1,5-6H2,2-3H3,(H,12,16)/t9-/m1/s1. The van der Waals surface area contributed by atoms with Crippen molar-refractivity contribution in [3.8, 4) is 0 Å². The third kappa shape index (κ3) is 3.42. The van der Waals surface area contributed by atoms with Crippen LogP contribution in [0.25, 0.3) is 0 Å². The van der Waals surface area contributed by atoms with E-state index in [9.17, 15) is 4.79 Å². The zero-order valence-corrected chi connectivity index (χ0v) is 9.73. The Morgan fingerprint density at radius 2 is 2.50 bits per heavy atom. The first-order valence-corrected chi connectivity index (χ1v) is 5.35. The number of nitrogens with one attached hydrogen (secondary N) is 2. The molecule has 1 aromatic rings. The lowest BCUT2D eigenvalue weighted by molar-refractivity contribution is -0.121. The Kier molecular flexibility index (Phi) is 4.57. The molecule has 88 valence electrons. The zero-order chi connectivity index (χ0) is 12.0. The van der Waals surface area contributed by atoms with E-state index in [-0.39, 0.29) is 11.9 Å². The molecule has 0 spiro atoms. The van der Waals surface area contributed by atoms with Crippen LogP contribution in [0.2, 0.25) is 0 Å². The summed E-state index contributed by atoms with van der Waals surface area (Å²) >= 11 is 0. The van der Waals surface area contributed by atoms with Crippen molar-refractivity contribution in [2.24, 2.45) is 0 Å². The number of hydrogen-bond acceptors (Lipinski definition) is 3. The first kappa shape index (κ1) is 12.3. The minimum atomic E-state index is -0.283. The molecule has 1 heterocycles. The van der Waals surface area contributed by atoms with E-state index in [0.29, 0.717) is 6.54 Å². The van der Waals surface area contributed by atoms with Gasteiger partial charge in [0, 0.05) is 19.3 Å². The minimum Gasteiger partial charge on any atom is -0.371 e. The topological polar surface area (TPSA) is 59.0 Å². The molecule has 0 aliphatic heterocycles. The summed E-state index contributed by atoms with van der Waals surface area (Å²) in [6.45, 7) is 8.66. The summed E-state index contributed by atoms with van der Waals surface area (Å²) in [5.41, 5.74) is 0.850. The van der Waals surface area contributed by atoms with E-state index < -0.39 is 0 Å². The number of carbonyl (C=O) groups is 1. The fraction of sp³-hybridized carbons (Fsp3) is 0.455. The van der Waals surface area contributed by atoms with Gasteiger partial charge in [-0.2, -0.15) is 5.10 Å². The Balaban J connectivity index is 2.46. The molecular formula is C11H18N4O. The molecule has 1 rings (SSSR count). The molecule has 0 unspecified atom stereocenters. The van der Waals surface area contributed by atoms with Crippen molar-refractivity contribution in [2.75, 3.05) is 11.9 Å². The molecule has 0 radical (unpaired) electrons. The Bertz CT molecular complexity index is 359. The van der Waals surface area contributed by atoms with Crippen molar-refractivity contribution < 1.29 is 4.79 Å². The summed E-state index contributed by atoms with van der Waals surface area (Å²) in [4.78, 5) is 11.5. The minimum absolute atomic E-state index is 0.0517. The van der Waals surface area contributed by atoms with Crippen LogP contribution in [0, 0.1) is 0 Å². The number of carbonyl (C=O) groups excluding carboxylic acids is 1. The van der Waals surface area contributed by atoms with E-state index in [2.05, 4.69) is 22.3 Å². The Hall–Kier alpha value is -1.78. The molecular weight excluding hydrogens is 204 g/mol. The highest BCUT2D eigenvalue weighted by Crippen LogP contribution is 2.06. The molecule has 16 heavy (non-hydrogen) atoms. The number of amides is 1. The molecule has 5 nitrogen and oxygen atoms in total. The summed E-state index contributed by atoms with van der Waals surface area (Å²) in [6.07, 6.45) is 5.23. The maximum absolute atomic E-state index is 11.5. The predicted molar refractivity (Wildman–Crippen MR) is 64.2 cm³/mol. The van der Waals surface area contributed by atoms with Gasteiger partial charge in [0.15, 0.2) is 0 Å². The van der Waals surface area contributed by atoms with Crippen LogP contribution >= 0.6 is 0 Å². The van der Waals surface area contributed by atoms with Gasteiger partial charge < -0.3 is 10.6 Å². The van der Waals surface area contributed by atoms with Crippen LogP contribution in [0.5, 0.6) is 0 Å². The van der Waals surface area contributed by atoms with E-state index >= 15 is 0 Å². The molecule has 0 saturated carbocycles. The van der Waals surface area contributed by atoms with Crippen LogP contribution in [-0.2, 0) is 11.3 Å².